The predicted octanol–water partition coefficient (Wildman–Crippen LogP) is 3.79. The molecule has 1 atom stereocenters. The summed E-state index contributed by atoms with van der Waals surface area (Å²) in [5, 5.41) is 5.02. The van der Waals surface area contributed by atoms with Gasteiger partial charge in [0.1, 0.15) is 5.56 Å². The van der Waals surface area contributed by atoms with Gasteiger partial charge in [-0.15, -0.1) is 11.3 Å². The number of aromatic amines is 1. The summed E-state index contributed by atoms with van der Waals surface area (Å²) in [7, 11) is 0. The lowest BCUT2D eigenvalue weighted by molar-refractivity contribution is 0.0909. The van der Waals surface area contributed by atoms with Gasteiger partial charge < -0.3 is 10.3 Å². The highest BCUT2D eigenvalue weighted by Gasteiger charge is 2.33. The molecule has 1 aliphatic heterocycles. The van der Waals surface area contributed by atoms with Crippen LogP contribution in [-0.2, 0) is 6.42 Å². The first-order valence-corrected chi connectivity index (χ1v) is 12.0. The van der Waals surface area contributed by atoms with E-state index in [1.165, 1.54) is 10.9 Å². The highest BCUT2D eigenvalue weighted by molar-refractivity contribution is 7.10. The van der Waals surface area contributed by atoms with E-state index in [1.807, 2.05) is 19.9 Å². The van der Waals surface area contributed by atoms with Crippen LogP contribution >= 0.6 is 11.3 Å². The normalized spacial score (nSPS) is 20.3. The molecule has 1 aliphatic carbocycles. The van der Waals surface area contributed by atoms with E-state index in [9.17, 15) is 14.4 Å². The second kappa shape index (κ2) is 8.71. The minimum Gasteiger partial charge on any atom is -0.350 e. The maximum absolute atomic E-state index is 12.9. The van der Waals surface area contributed by atoms with Crippen LogP contribution in [0.3, 0.4) is 0 Å². The molecule has 31 heavy (non-hydrogen) atoms. The third-order valence-electron chi connectivity index (χ3n) is 6.55. The molecule has 2 aliphatic rings. The Morgan fingerprint density at radius 2 is 2.03 bits per heavy atom. The number of likely N-dealkylation sites (tertiary alicyclic amines) is 1. The van der Waals surface area contributed by atoms with E-state index in [-0.39, 0.29) is 22.8 Å². The molecule has 3 heterocycles. The molecule has 0 aromatic carbocycles. The smallest absolute Gasteiger partial charge is 0.261 e. The minimum atomic E-state index is -0.429. The predicted molar refractivity (Wildman–Crippen MR) is 123 cm³/mol. The molecular weight excluding hydrogens is 410 g/mol. The van der Waals surface area contributed by atoms with Crippen molar-refractivity contribution in [3.8, 4) is 0 Å². The number of Topliss-reactive ketones (excluding diaryl/α,β-unsaturated/α-hetero) is 1. The first-order chi connectivity index (χ1) is 14.7. The number of piperidine rings is 1. The van der Waals surface area contributed by atoms with Crippen LogP contribution in [0.1, 0.15) is 77.4 Å². The molecule has 1 saturated heterocycles. The summed E-state index contributed by atoms with van der Waals surface area (Å²) in [4.78, 5) is 44.6. The number of amides is 1. The van der Waals surface area contributed by atoms with Gasteiger partial charge in [0.25, 0.3) is 11.5 Å². The number of H-pyrrole nitrogens is 1. The largest absolute Gasteiger partial charge is 0.350 e. The van der Waals surface area contributed by atoms with Gasteiger partial charge in [-0.3, -0.25) is 19.3 Å². The lowest BCUT2D eigenvalue weighted by Gasteiger charge is -2.36. The summed E-state index contributed by atoms with van der Waals surface area (Å²) in [5.41, 5.74) is 0.521. The Hall–Kier alpha value is -2.25. The number of nitrogens with zero attached hydrogens (tertiary/aromatic N) is 1. The molecular formula is C24H31N3O3S. The van der Waals surface area contributed by atoms with Gasteiger partial charge in [-0.2, -0.15) is 0 Å². The van der Waals surface area contributed by atoms with Crippen LogP contribution in [0.15, 0.2) is 28.4 Å². The maximum atomic E-state index is 12.9. The SMILES string of the molecule is CC1CCN(C(CNC(=O)c2cc3c([nH]c2=O)CC(C)(C)CC3=O)c2cccs2)CC1. The summed E-state index contributed by atoms with van der Waals surface area (Å²) in [6, 6.07) is 5.72. The van der Waals surface area contributed by atoms with Crippen molar-refractivity contribution in [1.29, 1.82) is 0 Å². The first-order valence-electron chi connectivity index (χ1n) is 11.1. The second-order valence-electron chi connectivity index (χ2n) is 9.81. The summed E-state index contributed by atoms with van der Waals surface area (Å²) in [6.07, 6.45) is 3.34. The van der Waals surface area contributed by atoms with E-state index in [4.69, 9.17) is 0 Å². The Bertz CT molecular complexity index is 1020. The highest BCUT2D eigenvalue weighted by atomic mass is 32.1. The van der Waals surface area contributed by atoms with Crippen LogP contribution < -0.4 is 10.9 Å². The fourth-order valence-electron chi connectivity index (χ4n) is 4.71. The van der Waals surface area contributed by atoms with Gasteiger partial charge in [0.15, 0.2) is 5.78 Å². The fraction of sp³-hybridized carbons (Fsp3) is 0.542. The van der Waals surface area contributed by atoms with Crippen LogP contribution in [0, 0.1) is 11.3 Å². The average molecular weight is 442 g/mol. The van der Waals surface area contributed by atoms with Gasteiger partial charge in [0, 0.05) is 29.1 Å². The van der Waals surface area contributed by atoms with Gasteiger partial charge in [0.2, 0.25) is 0 Å². The minimum absolute atomic E-state index is 0.0176. The number of fused-ring (bicyclic) bond motifs is 1. The number of thiophene rings is 1. The molecule has 0 bridgehead atoms. The van der Waals surface area contributed by atoms with Crippen molar-refractivity contribution in [2.45, 2.75) is 52.5 Å². The molecule has 0 saturated carbocycles. The van der Waals surface area contributed by atoms with Crippen LogP contribution in [0.5, 0.6) is 0 Å². The van der Waals surface area contributed by atoms with Crippen molar-refractivity contribution < 1.29 is 9.59 Å². The van der Waals surface area contributed by atoms with Crippen LogP contribution in [0.25, 0.3) is 0 Å². The lowest BCUT2D eigenvalue weighted by Crippen LogP contribution is -2.42. The van der Waals surface area contributed by atoms with Crippen molar-refractivity contribution in [3.63, 3.8) is 0 Å². The Morgan fingerprint density at radius 3 is 2.71 bits per heavy atom. The van der Waals surface area contributed by atoms with Crippen LogP contribution in [0.2, 0.25) is 0 Å². The topological polar surface area (TPSA) is 82.3 Å². The number of rotatable bonds is 5. The zero-order valence-electron chi connectivity index (χ0n) is 18.5. The molecule has 4 rings (SSSR count). The molecule has 1 fully saturated rings. The van der Waals surface area contributed by atoms with E-state index < -0.39 is 11.5 Å². The van der Waals surface area contributed by atoms with E-state index in [1.54, 1.807) is 11.3 Å². The Morgan fingerprint density at radius 1 is 1.29 bits per heavy atom. The van der Waals surface area contributed by atoms with Crippen molar-refractivity contribution in [3.05, 3.63) is 55.6 Å². The summed E-state index contributed by atoms with van der Waals surface area (Å²) < 4.78 is 0. The average Bonchev–Trinajstić information content (AvgIpc) is 3.22. The van der Waals surface area contributed by atoms with Gasteiger partial charge >= 0.3 is 0 Å². The number of carbonyl (C=O) groups excluding carboxylic acids is 2. The zero-order valence-corrected chi connectivity index (χ0v) is 19.3. The number of ketones is 1. The van der Waals surface area contributed by atoms with Gasteiger partial charge in [0.05, 0.1) is 6.04 Å². The van der Waals surface area contributed by atoms with Gasteiger partial charge in [-0.05, 0) is 61.2 Å². The van der Waals surface area contributed by atoms with Crippen molar-refractivity contribution in [2.75, 3.05) is 19.6 Å². The second-order valence-corrected chi connectivity index (χ2v) is 10.8. The molecule has 0 spiro atoms. The van der Waals surface area contributed by atoms with Crippen molar-refractivity contribution >= 4 is 23.0 Å². The van der Waals surface area contributed by atoms with E-state index in [0.29, 0.717) is 30.6 Å². The van der Waals surface area contributed by atoms with Gasteiger partial charge in [-0.25, -0.2) is 0 Å². The van der Waals surface area contributed by atoms with Crippen LogP contribution in [-0.4, -0.2) is 41.2 Å². The summed E-state index contributed by atoms with van der Waals surface area (Å²) >= 11 is 1.69. The number of hydrogen-bond donors (Lipinski definition) is 2. The lowest BCUT2D eigenvalue weighted by atomic mass is 9.75. The third-order valence-corrected chi connectivity index (χ3v) is 7.52. The Balaban J connectivity index is 1.51. The molecule has 1 amide bonds. The standard InChI is InChI=1S/C24H31N3O3S/c1-15-6-8-27(9-7-15)19(21-5-4-10-31-21)14-25-22(29)17-11-16-18(26-23(17)30)12-24(2,3)13-20(16)28/h4-5,10-11,15,19H,6-9,12-14H2,1-3H3,(H,25,29)(H,26,30). The number of carbonyl (C=O) groups is 2. The molecule has 166 valence electrons. The van der Waals surface area contributed by atoms with E-state index in [0.717, 1.165) is 31.8 Å². The molecule has 2 aromatic heterocycles. The fourth-order valence-corrected chi connectivity index (χ4v) is 5.57. The first kappa shape index (κ1) is 22.0. The number of pyridine rings is 1. The molecule has 0 radical (unpaired) electrons. The zero-order chi connectivity index (χ0) is 22.2. The number of nitrogens with one attached hydrogen (secondary N) is 2. The monoisotopic (exact) mass is 441 g/mol. The Kier molecular flexibility index (Phi) is 6.17. The molecule has 1 unspecified atom stereocenters. The molecule has 7 heteroatoms. The van der Waals surface area contributed by atoms with E-state index >= 15 is 0 Å². The van der Waals surface area contributed by atoms with Crippen molar-refractivity contribution in [1.82, 2.24) is 15.2 Å². The number of aromatic nitrogens is 1. The Labute approximate surface area is 187 Å². The molecule has 2 aromatic rings. The quantitative estimate of drug-likeness (QED) is 0.740. The van der Waals surface area contributed by atoms with E-state index in [2.05, 4.69) is 33.6 Å². The maximum Gasteiger partial charge on any atom is 0.261 e. The number of hydrogen-bond acceptors (Lipinski definition) is 5. The van der Waals surface area contributed by atoms with Gasteiger partial charge in [-0.1, -0.05) is 26.8 Å². The summed E-state index contributed by atoms with van der Waals surface area (Å²) in [5.74, 6) is 0.287. The third kappa shape index (κ3) is 4.83. The molecule has 6 nitrogen and oxygen atoms in total. The van der Waals surface area contributed by atoms with Crippen LogP contribution in [0.4, 0.5) is 0 Å². The highest BCUT2D eigenvalue weighted by Crippen LogP contribution is 2.33. The van der Waals surface area contributed by atoms with Crippen molar-refractivity contribution in [2.24, 2.45) is 11.3 Å². The summed E-state index contributed by atoms with van der Waals surface area (Å²) in [6.45, 7) is 8.75. The molecule has 2 N–H and O–H groups in total.